The van der Waals surface area contributed by atoms with Crippen molar-refractivity contribution in [3.63, 3.8) is 0 Å². The summed E-state index contributed by atoms with van der Waals surface area (Å²) in [6, 6.07) is 21.2. The largest absolute Gasteiger partial charge is 0.0843 e. The molecule has 0 nitrogen and oxygen atoms in total. The van der Waals surface area contributed by atoms with E-state index < -0.39 is 0 Å². The molecule has 0 amide bonds. The molecule has 0 unspecified atom stereocenters. The van der Waals surface area contributed by atoms with Crippen molar-refractivity contribution in [3.8, 4) is 22.3 Å². The number of hydrogen-bond donors (Lipinski definition) is 0. The minimum Gasteiger partial charge on any atom is -0.0843 e. The summed E-state index contributed by atoms with van der Waals surface area (Å²) in [5, 5.41) is 1.32. The zero-order valence-electron chi connectivity index (χ0n) is 12.5. The highest BCUT2D eigenvalue weighted by Gasteiger charge is 2.09. The van der Waals surface area contributed by atoms with Crippen LogP contribution in [0.15, 0.2) is 54.6 Å². The molecule has 0 heterocycles. The summed E-state index contributed by atoms with van der Waals surface area (Å²) in [6.07, 6.45) is 0. The Morgan fingerprint density at radius 3 is 2.18 bits per heavy atom. The Morgan fingerprint density at radius 1 is 0.773 bits per heavy atom. The third-order valence-electron chi connectivity index (χ3n) is 3.83. The molecule has 0 bridgehead atoms. The SMILES string of the molecule is Cc1c[c]ccc1-c1ccc(-c2ccc(Cl)cc2Cl)cc1C. The van der Waals surface area contributed by atoms with Gasteiger partial charge in [-0.2, -0.15) is 0 Å². The molecule has 0 saturated heterocycles. The van der Waals surface area contributed by atoms with E-state index in [-0.39, 0.29) is 0 Å². The van der Waals surface area contributed by atoms with Gasteiger partial charge in [0.15, 0.2) is 0 Å². The van der Waals surface area contributed by atoms with Crippen LogP contribution < -0.4 is 0 Å². The van der Waals surface area contributed by atoms with Crippen molar-refractivity contribution in [2.75, 3.05) is 0 Å². The predicted molar refractivity (Wildman–Crippen MR) is 95.6 cm³/mol. The lowest BCUT2D eigenvalue weighted by Gasteiger charge is -2.12. The van der Waals surface area contributed by atoms with Gasteiger partial charge < -0.3 is 0 Å². The average molecular weight is 326 g/mol. The zero-order valence-corrected chi connectivity index (χ0v) is 14.0. The van der Waals surface area contributed by atoms with E-state index in [0.29, 0.717) is 10.0 Å². The molecule has 109 valence electrons. The quantitative estimate of drug-likeness (QED) is 0.489. The Kier molecular flexibility index (Phi) is 4.24. The highest BCUT2D eigenvalue weighted by Crippen LogP contribution is 2.34. The van der Waals surface area contributed by atoms with Crippen LogP contribution in [0.3, 0.4) is 0 Å². The third-order valence-corrected chi connectivity index (χ3v) is 4.38. The lowest BCUT2D eigenvalue weighted by atomic mass is 9.93. The van der Waals surface area contributed by atoms with E-state index in [0.717, 1.165) is 11.1 Å². The Hall–Kier alpha value is -1.76. The molecule has 0 aromatic heterocycles. The van der Waals surface area contributed by atoms with Gasteiger partial charge in [-0.05, 0) is 59.9 Å². The normalized spacial score (nSPS) is 10.7. The zero-order chi connectivity index (χ0) is 15.7. The monoisotopic (exact) mass is 325 g/mol. The van der Waals surface area contributed by atoms with E-state index in [1.165, 1.54) is 22.3 Å². The molecular weight excluding hydrogens is 311 g/mol. The minimum absolute atomic E-state index is 0.651. The topological polar surface area (TPSA) is 0 Å². The first-order chi connectivity index (χ1) is 10.6. The summed E-state index contributed by atoms with van der Waals surface area (Å²) in [6.45, 7) is 4.23. The van der Waals surface area contributed by atoms with Gasteiger partial charge in [-0.3, -0.25) is 0 Å². The fourth-order valence-corrected chi connectivity index (χ4v) is 3.19. The van der Waals surface area contributed by atoms with Gasteiger partial charge in [0, 0.05) is 15.6 Å². The molecule has 3 aromatic rings. The average Bonchev–Trinajstić information content (AvgIpc) is 2.48. The van der Waals surface area contributed by atoms with Crippen LogP contribution in [0.1, 0.15) is 11.1 Å². The number of rotatable bonds is 2. The van der Waals surface area contributed by atoms with Crippen molar-refractivity contribution < 1.29 is 0 Å². The second kappa shape index (κ2) is 6.16. The summed E-state index contributed by atoms with van der Waals surface area (Å²) in [4.78, 5) is 0. The van der Waals surface area contributed by atoms with E-state index in [1.807, 2.05) is 24.3 Å². The molecule has 1 radical (unpaired) electrons. The van der Waals surface area contributed by atoms with Crippen LogP contribution in [-0.4, -0.2) is 0 Å². The van der Waals surface area contributed by atoms with Crippen molar-refractivity contribution in [1.29, 1.82) is 0 Å². The number of hydrogen-bond acceptors (Lipinski definition) is 0. The van der Waals surface area contributed by atoms with Crippen molar-refractivity contribution in [2.45, 2.75) is 13.8 Å². The lowest BCUT2D eigenvalue weighted by Crippen LogP contribution is -1.88. The van der Waals surface area contributed by atoms with Crippen LogP contribution in [0.5, 0.6) is 0 Å². The fourth-order valence-electron chi connectivity index (χ4n) is 2.67. The Labute approximate surface area is 141 Å². The highest BCUT2D eigenvalue weighted by molar-refractivity contribution is 6.36. The van der Waals surface area contributed by atoms with Gasteiger partial charge >= 0.3 is 0 Å². The molecule has 22 heavy (non-hydrogen) atoms. The molecule has 3 aromatic carbocycles. The molecule has 2 heteroatoms. The molecular formula is C20H15Cl2. The van der Waals surface area contributed by atoms with Crippen LogP contribution in [0.25, 0.3) is 22.3 Å². The van der Waals surface area contributed by atoms with Gasteiger partial charge in [-0.25, -0.2) is 0 Å². The van der Waals surface area contributed by atoms with Crippen LogP contribution in [0, 0.1) is 19.9 Å². The summed E-state index contributed by atoms with van der Waals surface area (Å²) >= 11 is 12.3. The Morgan fingerprint density at radius 2 is 1.50 bits per heavy atom. The maximum atomic E-state index is 6.31. The van der Waals surface area contributed by atoms with Gasteiger partial charge in [0.1, 0.15) is 0 Å². The van der Waals surface area contributed by atoms with Crippen molar-refractivity contribution in [1.82, 2.24) is 0 Å². The van der Waals surface area contributed by atoms with E-state index in [1.54, 1.807) is 6.07 Å². The smallest absolute Gasteiger partial charge is 0.0499 e. The standard InChI is InChI=1S/C20H15Cl2/c1-13-5-3-4-6-17(13)18-9-7-15(11-14(18)2)19-10-8-16(21)12-20(19)22/h4-12H,1-2H3. The molecule has 0 aliphatic carbocycles. The van der Waals surface area contributed by atoms with Crippen LogP contribution in [0.2, 0.25) is 10.0 Å². The fraction of sp³-hybridized carbons (Fsp3) is 0.100. The number of halogens is 2. The molecule has 0 aliphatic rings. The third kappa shape index (κ3) is 2.90. The van der Waals surface area contributed by atoms with Gasteiger partial charge in [0.2, 0.25) is 0 Å². The maximum absolute atomic E-state index is 6.31. The second-order valence-electron chi connectivity index (χ2n) is 5.39. The first kappa shape index (κ1) is 15.1. The van der Waals surface area contributed by atoms with Gasteiger partial charge in [-0.15, -0.1) is 0 Å². The molecule has 0 spiro atoms. The maximum Gasteiger partial charge on any atom is 0.0499 e. The van der Waals surface area contributed by atoms with Crippen LogP contribution >= 0.6 is 23.2 Å². The molecule has 3 rings (SSSR count). The summed E-state index contributed by atoms with van der Waals surface area (Å²) < 4.78 is 0. The summed E-state index contributed by atoms with van der Waals surface area (Å²) in [7, 11) is 0. The molecule has 0 N–H and O–H groups in total. The summed E-state index contributed by atoms with van der Waals surface area (Å²) in [5.41, 5.74) is 7.02. The van der Waals surface area contributed by atoms with Crippen molar-refractivity contribution in [2.24, 2.45) is 0 Å². The number of benzene rings is 3. The number of aryl methyl sites for hydroxylation is 2. The van der Waals surface area contributed by atoms with Crippen molar-refractivity contribution >= 4 is 23.2 Å². The lowest BCUT2D eigenvalue weighted by molar-refractivity contribution is 1.40. The minimum atomic E-state index is 0.651. The first-order valence-corrected chi connectivity index (χ1v) is 7.85. The van der Waals surface area contributed by atoms with Gasteiger partial charge in [0.05, 0.1) is 0 Å². The Balaban J connectivity index is 2.08. The molecule has 0 saturated carbocycles. The summed E-state index contributed by atoms with van der Waals surface area (Å²) in [5.74, 6) is 0. The van der Waals surface area contributed by atoms with E-state index in [9.17, 15) is 0 Å². The molecule has 0 atom stereocenters. The van der Waals surface area contributed by atoms with E-state index in [4.69, 9.17) is 23.2 Å². The van der Waals surface area contributed by atoms with Crippen LogP contribution in [0.4, 0.5) is 0 Å². The van der Waals surface area contributed by atoms with Gasteiger partial charge in [0.25, 0.3) is 0 Å². The molecule has 0 aliphatic heterocycles. The predicted octanol–water partition coefficient (Wildman–Crippen LogP) is 6.74. The van der Waals surface area contributed by atoms with Gasteiger partial charge in [-0.1, -0.05) is 65.7 Å². The molecule has 0 fully saturated rings. The first-order valence-electron chi connectivity index (χ1n) is 7.09. The van der Waals surface area contributed by atoms with E-state index in [2.05, 4.69) is 44.2 Å². The van der Waals surface area contributed by atoms with E-state index >= 15 is 0 Å². The van der Waals surface area contributed by atoms with Crippen LogP contribution in [-0.2, 0) is 0 Å². The highest BCUT2D eigenvalue weighted by atomic mass is 35.5. The van der Waals surface area contributed by atoms with Crippen molar-refractivity contribution in [3.05, 3.63) is 81.8 Å². The Bertz CT molecular complexity index is 835. The second-order valence-corrected chi connectivity index (χ2v) is 6.24.